The molecule has 0 N–H and O–H groups in total. The van der Waals surface area contributed by atoms with E-state index in [4.69, 9.17) is 4.74 Å². The zero-order chi connectivity index (χ0) is 28.4. The molecule has 0 aromatic rings. The Morgan fingerprint density at radius 1 is 1.05 bits per heavy atom. The molecule has 1 fully saturated rings. The molecule has 4 nitrogen and oxygen atoms in total. The monoisotopic (exact) mass is 514 g/mol. The predicted molar refractivity (Wildman–Crippen MR) is 152 cm³/mol. The van der Waals surface area contributed by atoms with Crippen molar-refractivity contribution in [3.05, 3.63) is 23.8 Å². The lowest BCUT2D eigenvalue weighted by molar-refractivity contribution is -0.153. The largest absolute Gasteiger partial charge is 0.469 e. The Kier molecular flexibility index (Phi) is 9.52. The minimum absolute atomic E-state index is 0.0490. The summed E-state index contributed by atoms with van der Waals surface area (Å²) in [6, 6.07) is 0. The summed E-state index contributed by atoms with van der Waals surface area (Å²) in [6.07, 6.45) is 13.2. The quantitative estimate of drug-likeness (QED) is 0.205. The fraction of sp³-hybridized carbons (Fsp3) is 0.788. The van der Waals surface area contributed by atoms with E-state index in [0.717, 1.165) is 56.9 Å². The van der Waals surface area contributed by atoms with E-state index in [1.54, 1.807) is 13.0 Å². The van der Waals surface area contributed by atoms with Gasteiger partial charge in [0.1, 0.15) is 0 Å². The molecule has 0 unspecified atom stereocenters. The van der Waals surface area contributed by atoms with Crippen LogP contribution in [0, 0.1) is 38.9 Å². The van der Waals surface area contributed by atoms with Crippen LogP contribution < -0.4 is 0 Å². The molecule has 0 radical (unpaired) electrons. The van der Waals surface area contributed by atoms with E-state index in [1.165, 1.54) is 7.11 Å². The Labute approximate surface area is 227 Å². The third-order valence-electron chi connectivity index (χ3n) is 10.6. The van der Waals surface area contributed by atoms with Crippen molar-refractivity contribution in [1.29, 1.82) is 0 Å². The van der Waals surface area contributed by atoms with Crippen LogP contribution in [0.5, 0.6) is 0 Å². The molecular weight excluding hydrogens is 460 g/mol. The van der Waals surface area contributed by atoms with Crippen LogP contribution >= 0.6 is 0 Å². The molecule has 5 atom stereocenters. The lowest BCUT2D eigenvalue weighted by Crippen LogP contribution is -2.52. The molecule has 0 aliphatic heterocycles. The van der Waals surface area contributed by atoms with Gasteiger partial charge < -0.3 is 4.74 Å². The van der Waals surface area contributed by atoms with E-state index in [0.29, 0.717) is 0 Å². The Balaban J connectivity index is 2.42. The highest BCUT2D eigenvalue weighted by molar-refractivity contribution is 5.94. The van der Waals surface area contributed by atoms with Crippen molar-refractivity contribution in [2.24, 2.45) is 38.9 Å². The SMILES string of the molecule is CCCC(C)(C)CC[C@@](C)(CCC(C)(C)[C@]1(C)CC[C@H]2[C@H](C)C(=O)C=C[C@]2(C)/C1=C/C(C)=O)C(=O)OC. The number of hydrogen-bond donors (Lipinski definition) is 0. The number of esters is 1. The van der Waals surface area contributed by atoms with Gasteiger partial charge in [-0.25, -0.2) is 0 Å². The summed E-state index contributed by atoms with van der Waals surface area (Å²) in [5.74, 6) is 0.257. The van der Waals surface area contributed by atoms with Crippen LogP contribution in [0.15, 0.2) is 23.8 Å². The Hall–Kier alpha value is -1.71. The van der Waals surface area contributed by atoms with E-state index in [1.807, 2.05) is 13.0 Å². The highest BCUT2D eigenvalue weighted by Gasteiger charge is 2.57. The van der Waals surface area contributed by atoms with Crippen LogP contribution in [0.25, 0.3) is 0 Å². The summed E-state index contributed by atoms with van der Waals surface area (Å²) in [6.45, 7) is 21.6. The normalized spacial score (nSPS) is 31.1. The highest BCUT2D eigenvalue weighted by Crippen LogP contribution is 2.64. The van der Waals surface area contributed by atoms with Crippen molar-refractivity contribution in [1.82, 2.24) is 0 Å². The van der Waals surface area contributed by atoms with E-state index < -0.39 is 5.41 Å². The lowest BCUT2D eigenvalue weighted by atomic mass is 9.45. The molecule has 210 valence electrons. The minimum atomic E-state index is -0.551. The summed E-state index contributed by atoms with van der Waals surface area (Å²) < 4.78 is 5.32. The Bertz CT molecular complexity index is 938. The Morgan fingerprint density at radius 3 is 2.19 bits per heavy atom. The van der Waals surface area contributed by atoms with Gasteiger partial charge in [-0.15, -0.1) is 0 Å². The highest BCUT2D eigenvalue weighted by atomic mass is 16.5. The van der Waals surface area contributed by atoms with Gasteiger partial charge in [-0.1, -0.05) is 73.5 Å². The van der Waals surface area contributed by atoms with E-state index in [9.17, 15) is 14.4 Å². The van der Waals surface area contributed by atoms with E-state index in [-0.39, 0.29) is 51.0 Å². The third-order valence-corrected chi connectivity index (χ3v) is 10.6. The number of ether oxygens (including phenoxy) is 1. The van der Waals surface area contributed by atoms with Crippen LogP contribution in [0.3, 0.4) is 0 Å². The van der Waals surface area contributed by atoms with Gasteiger partial charge >= 0.3 is 5.97 Å². The van der Waals surface area contributed by atoms with Crippen LogP contribution in [0.2, 0.25) is 0 Å². The maximum Gasteiger partial charge on any atom is 0.311 e. The molecule has 0 saturated heterocycles. The van der Waals surface area contributed by atoms with Crippen LogP contribution in [0.4, 0.5) is 0 Å². The molecule has 0 spiro atoms. The first-order chi connectivity index (χ1) is 16.9. The van der Waals surface area contributed by atoms with Crippen LogP contribution in [-0.4, -0.2) is 24.6 Å². The van der Waals surface area contributed by atoms with Crippen molar-refractivity contribution in [3.8, 4) is 0 Å². The second-order valence-electron chi connectivity index (χ2n) is 14.3. The summed E-state index contributed by atoms with van der Waals surface area (Å²) in [5, 5.41) is 0. The lowest BCUT2D eigenvalue weighted by Gasteiger charge is -2.59. The molecule has 0 heterocycles. The fourth-order valence-electron chi connectivity index (χ4n) is 7.34. The molecule has 2 aliphatic rings. The summed E-state index contributed by atoms with van der Waals surface area (Å²) in [7, 11) is 1.50. The number of hydrogen-bond acceptors (Lipinski definition) is 4. The fourth-order valence-corrected chi connectivity index (χ4v) is 7.34. The second-order valence-corrected chi connectivity index (χ2v) is 14.3. The number of fused-ring (bicyclic) bond motifs is 1. The van der Waals surface area contributed by atoms with Crippen molar-refractivity contribution < 1.29 is 19.1 Å². The molecule has 2 rings (SSSR count). The van der Waals surface area contributed by atoms with Crippen molar-refractivity contribution in [2.45, 2.75) is 121 Å². The zero-order valence-electron chi connectivity index (χ0n) is 25.7. The minimum Gasteiger partial charge on any atom is -0.469 e. The van der Waals surface area contributed by atoms with Gasteiger partial charge in [-0.05, 0) is 93.1 Å². The molecule has 2 aliphatic carbocycles. The zero-order valence-corrected chi connectivity index (χ0v) is 25.7. The van der Waals surface area contributed by atoms with Crippen LogP contribution in [0.1, 0.15) is 121 Å². The molecule has 37 heavy (non-hydrogen) atoms. The first kappa shape index (κ1) is 31.5. The van der Waals surface area contributed by atoms with E-state index in [2.05, 4.69) is 61.5 Å². The molecule has 0 amide bonds. The number of rotatable bonds is 11. The topological polar surface area (TPSA) is 60.4 Å². The standard InChI is InChI=1S/C33H54O4/c1-12-15-29(4,5)18-20-31(8,28(36)37-11)21-19-30(6,7)33(10)17-13-25-24(3)26(35)14-16-32(25,9)27(33)22-23(2)34/h14,16,22,24-25H,12-13,15,17-21H2,1-11H3/b27-22-/t24-,25-,31-,32-,33+/m0/s1. The van der Waals surface area contributed by atoms with Gasteiger partial charge in [-0.3, -0.25) is 14.4 Å². The van der Waals surface area contributed by atoms with Gasteiger partial charge in [0, 0.05) is 11.3 Å². The number of methoxy groups -OCH3 is 1. The molecule has 0 aromatic heterocycles. The first-order valence-corrected chi connectivity index (χ1v) is 14.4. The summed E-state index contributed by atoms with van der Waals surface area (Å²) in [4.78, 5) is 38.2. The second kappa shape index (κ2) is 11.2. The molecule has 4 heteroatoms. The van der Waals surface area contributed by atoms with Crippen LogP contribution in [-0.2, 0) is 19.1 Å². The maximum absolute atomic E-state index is 13.1. The van der Waals surface area contributed by atoms with Gasteiger partial charge in [0.05, 0.1) is 12.5 Å². The number of carbonyl (C=O) groups excluding carboxylic acids is 3. The average Bonchev–Trinajstić information content (AvgIpc) is 2.81. The van der Waals surface area contributed by atoms with Crippen molar-refractivity contribution in [2.75, 3.05) is 7.11 Å². The van der Waals surface area contributed by atoms with Gasteiger partial charge in [0.25, 0.3) is 0 Å². The number of allylic oxidation sites excluding steroid dienone is 4. The van der Waals surface area contributed by atoms with Gasteiger partial charge in [0.2, 0.25) is 0 Å². The smallest absolute Gasteiger partial charge is 0.311 e. The predicted octanol–water partition coefficient (Wildman–Crippen LogP) is 8.29. The van der Waals surface area contributed by atoms with Gasteiger partial charge in [-0.2, -0.15) is 0 Å². The number of carbonyl (C=O) groups is 3. The first-order valence-electron chi connectivity index (χ1n) is 14.4. The molecule has 0 aromatic carbocycles. The number of ketones is 2. The third kappa shape index (κ3) is 6.31. The molecule has 1 saturated carbocycles. The summed E-state index contributed by atoms with van der Waals surface area (Å²) >= 11 is 0. The van der Waals surface area contributed by atoms with E-state index >= 15 is 0 Å². The van der Waals surface area contributed by atoms with Crippen molar-refractivity contribution in [3.63, 3.8) is 0 Å². The van der Waals surface area contributed by atoms with Gasteiger partial charge in [0.15, 0.2) is 11.6 Å². The maximum atomic E-state index is 13.1. The Morgan fingerprint density at radius 2 is 1.65 bits per heavy atom. The average molecular weight is 515 g/mol. The molecular formula is C33H54O4. The molecule has 0 bridgehead atoms. The van der Waals surface area contributed by atoms with Crippen molar-refractivity contribution >= 4 is 17.5 Å². The summed E-state index contributed by atoms with van der Waals surface area (Å²) in [5.41, 5.74) is 0.0383.